The molecule has 144 valence electrons. The molecule has 0 radical (unpaired) electrons. The molecule has 7 nitrogen and oxygen atoms in total. The molecule has 3 fully saturated rings. The zero-order valence-electron chi connectivity index (χ0n) is 15.6. The van der Waals surface area contributed by atoms with Gasteiger partial charge in [0.05, 0.1) is 0 Å². The van der Waals surface area contributed by atoms with E-state index < -0.39 is 12.0 Å². The molecule has 1 atom stereocenters. The van der Waals surface area contributed by atoms with E-state index in [9.17, 15) is 19.5 Å². The summed E-state index contributed by atoms with van der Waals surface area (Å²) in [6.07, 6.45) is 5.64. The lowest BCUT2D eigenvalue weighted by atomic mass is 9.76. The van der Waals surface area contributed by atoms with Gasteiger partial charge in [0.2, 0.25) is 5.91 Å². The first kappa shape index (κ1) is 17.9. The summed E-state index contributed by atoms with van der Waals surface area (Å²) in [7, 11) is 0. The van der Waals surface area contributed by atoms with Crippen LogP contribution in [0.4, 0.5) is 5.82 Å². The largest absolute Gasteiger partial charge is 0.480 e. The van der Waals surface area contributed by atoms with E-state index in [-0.39, 0.29) is 23.0 Å². The van der Waals surface area contributed by atoms with Crippen molar-refractivity contribution in [3.05, 3.63) is 23.9 Å². The number of Topliss-reactive ketones (excluding diaryl/α,β-unsaturated/α-hetero) is 1. The number of pyridine rings is 1. The molecular formula is C20H25N3O4. The van der Waals surface area contributed by atoms with Crippen LogP contribution in [0.15, 0.2) is 18.3 Å². The first-order valence-corrected chi connectivity index (χ1v) is 9.64. The zero-order valence-corrected chi connectivity index (χ0v) is 15.6. The summed E-state index contributed by atoms with van der Waals surface area (Å²) in [6, 6.07) is 2.98. The lowest BCUT2D eigenvalue weighted by Crippen LogP contribution is -2.43. The highest BCUT2D eigenvalue weighted by atomic mass is 16.4. The van der Waals surface area contributed by atoms with Crippen molar-refractivity contribution in [3.8, 4) is 0 Å². The number of ketones is 1. The van der Waals surface area contributed by atoms with Gasteiger partial charge in [0.15, 0.2) is 5.78 Å². The number of carboxylic acid groups (broad SMARTS) is 1. The minimum atomic E-state index is -0.884. The highest BCUT2D eigenvalue weighted by Gasteiger charge is 2.51. The van der Waals surface area contributed by atoms with E-state index in [1.165, 1.54) is 6.92 Å². The first-order valence-electron chi connectivity index (χ1n) is 9.64. The highest BCUT2D eigenvalue weighted by Crippen LogP contribution is 2.46. The quantitative estimate of drug-likeness (QED) is 0.814. The number of hydrogen-bond donors (Lipinski definition) is 1. The van der Waals surface area contributed by atoms with Crippen LogP contribution in [0.3, 0.4) is 0 Å². The number of amides is 1. The summed E-state index contributed by atoms with van der Waals surface area (Å²) < 4.78 is 0. The predicted molar refractivity (Wildman–Crippen MR) is 98.6 cm³/mol. The Labute approximate surface area is 158 Å². The summed E-state index contributed by atoms with van der Waals surface area (Å²) in [5.74, 6) is 0.0327. The van der Waals surface area contributed by atoms with Crippen LogP contribution < -0.4 is 4.90 Å². The third kappa shape index (κ3) is 3.42. The van der Waals surface area contributed by atoms with Crippen LogP contribution in [0.1, 0.15) is 49.4 Å². The van der Waals surface area contributed by atoms with Crippen molar-refractivity contribution in [1.82, 2.24) is 9.88 Å². The van der Waals surface area contributed by atoms with Crippen molar-refractivity contribution < 1.29 is 19.5 Å². The molecule has 1 N–H and O–H groups in total. The Balaban J connectivity index is 1.43. The monoisotopic (exact) mass is 371 g/mol. The van der Waals surface area contributed by atoms with E-state index in [0.29, 0.717) is 18.5 Å². The number of anilines is 1. The SMILES string of the molecule is CC(=O)c1ccc(N2CCC3(CC2)CC(C(=O)O)N(C(=O)C2CC2)C3)nc1. The number of carbonyl (C=O) groups is 3. The number of likely N-dealkylation sites (tertiary alicyclic amines) is 1. The molecule has 1 amide bonds. The van der Waals surface area contributed by atoms with Gasteiger partial charge in [-0.25, -0.2) is 9.78 Å². The first-order chi connectivity index (χ1) is 12.9. The van der Waals surface area contributed by atoms with Crippen LogP contribution in [0, 0.1) is 11.3 Å². The number of piperidine rings is 1. The number of aliphatic carboxylic acids is 1. The maximum absolute atomic E-state index is 12.5. The summed E-state index contributed by atoms with van der Waals surface area (Å²) in [5.41, 5.74) is 0.491. The Morgan fingerprint density at radius 1 is 1.19 bits per heavy atom. The van der Waals surface area contributed by atoms with Crippen molar-refractivity contribution in [2.75, 3.05) is 24.5 Å². The molecule has 1 saturated carbocycles. The van der Waals surface area contributed by atoms with E-state index in [2.05, 4.69) is 9.88 Å². The van der Waals surface area contributed by atoms with Crippen LogP contribution in [-0.2, 0) is 9.59 Å². The molecule has 27 heavy (non-hydrogen) atoms. The molecule has 3 aliphatic rings. The summed E-state index contributed by atoms with van der Waals surface area (Å²) in [5, 5.41) is 9.61. The fourth-order valence-electron chi connectivity index (χ4n) is 4.43. The summed E-state index contributed by atoms with van der Waals surface area (Å²) >= 11 is 0. The summed E-state index contributed by atoms with van der Waals surface area (Å²) in [6.45, 7) is 3.65. The van der Waals surface area contributed by atoms with Gasteiger partial charge in [0.25, 0.3) is 0 Å². The molecule has 3 heterocycles. The second-order valence-corrected chi connectivity index (χ2v) is 8.25. The fraction of sp³-hybridized carbons (Fsp3) is 0.600. The Bertz CT molecular complexity index is 764. The van der Waals surface area contributed by atoms with Gasteiger partial charge >= 0.3 is 5.97 Å². The predicted octanol–water partition coefficient (Wildman–Crippen LogP) is 1.97. The minimum Gasteiger partial charge on any atom is -0.480 e. The molecule has 7 heteroatoms. The molecule has 1 spiro atoms. The smallest absolute Gasteiger partial charge is 0.326 e. The van der Waals surface area contributed by atoms with E-state index in [4.69, 9.17) is 0 Å². The van der Waals surface area contributed by atoms with Crippen LogP contribution in [0.2, 0.25) is 0 Å². The van der Waals surface area contributed by atoms with Gasteiger partial charge in [0.1, 0.15) is 11.9 Å². The van der Waals surface area contributed by atoms with Crippen molar-refractivity contribution >= 4 is 23.5 Å². The van der Waals surface area contributed by atoms with Gasteiger partial charge in [-0.05, 0) is 56.6 Å². The highest BCUT2D eigenvalue weighted by molar-refractivity contribution is 5.93. The molecule has 4 rings (SSSR count). The van der Waals surface area contributed by atoms with Gasteiger partial charge in [-0.2, -0.15) is 0 Å². The van der Waals surface area contributed by atoms with Gasteiger partial charge in [0, 0.05) is 37.3 Å². The van der Waals surface area contributed by atoms with Crippen molar-refractivity contribution in [1.29, 1.82) is 0 Å². The fourth-order valence-corrected chi connectivity index (χ4v) is 4.43. The van der Waals surface area contributed by atoms with E-state index in [1.807, 2.05) is 6.07 Å². The average Bonchev–Trinajstić information content (AvgIpc) is 3.44. The number of aromatic nitrogens is 1. The van der Waals surface area contributed by atoms with Gasteiger partial charge in [-0.3, -0.25) is 9.59 Å². The Hall–Kier alpha value is -2.44. The normalized spacial score (nSPS) is 24.3. The molecule has 1 aromatic rings. The molecule has 0 aromatic carbocycles. The third-order valence-corrected chi connectivity index (χ3v) is 6.31. The van der Waals surface area contributed by atoms with Gasteiger partial charge in [-0.1, -0.05) is 0 Å². The molecule has 1 aromatic heterocycles. The van der Waals surface area contributed by atoms with E-state index >= 15 is 0 Å². The standard InChI is InChI=1S/C20H25N3O4/c1-13(24)15-4-5-17(21-11-15)22-8-6-20(7-9-22)10-16(19(26)27)23(12-20)18(25)14-2-3-14/h4-5,11,14,16H,2-3,6-10,12H2,1H3,(H,26,27). The van der Waals surface area contributed by atoms with Crippen molar-refractivity contribution in [3.63, 3.8) is 0 Å². The Morgan fingerprint density at radius 3 is 2.41 bits per heavy atom. The topological polar surface area (TPSA) is 90.8 Å². The molecule has 2 aliphatic heterocycles. The number of carbonyl (C=O) groups excluding carboxylic acids is 2. The van der Waals surface area contributed by atoms with Gasteiger partial charge in [-0.15, -0.1) is 0 Å². The molecule has 1 unspecified atom stereocenters. The molecule has 1 aliphatic carbocycles. The van der Waals surface area contributed by atoms with E-state index in [0.717, 1.165) is 44.6 Å². The van der Waals surface area contributed by atoms with Crippen LogP contribution in [0.5, 0.6) is 0 Å². The Morgan fingerprint density at radius 2 is 1.89 bits per heavy atom. The third-order valence-electron chi connectivity index (χ3n) is 6.31. The van der Waals surface area contributed by atoms with Gasteiger partial charge < -0.3 is 14.9 Å². The Kier molecular flexibility index (Phi) is 4.40. The maximum Gasteiger partial charge on any atom is 0.326 e. The number of nitrogens with zero attached hydrogens (tertiary/aromatic N) is 3. The van der Waals surface area contributed by atoms with E-state index in [1.54, 1.807) is 17.2 Å². The van der Waals surface area contributed by atoms with Crippen LogP contribution in [-0.4, -0.2) is 58.3 Å². The number of carboxylic acids is 1. The number of rotatable bonds is 4. The molecular weight excluding hydrogens is 346 g/mol. The van der Waals surface area contributed by atoms with Crippen LogP contribution in [0.25, 0.3) is 0 Å². The second-order valence-electron chi connectivity index (χ2n) is 8.25. The average molecular weight is 371 g/mol. The van der Waals surface area contributed by atoms with Crippen LogP contribution >= 0.6 is 0 Å². The lowest BCUT2D eigenvalue weighted by molar-refractivity contribution is -0.148. The number of hydrogen-bond acceptors (Lipinski definition) is 5. The minimum absolute atomic E-state index is 0.00210. The van der Waals surface area contributed by atoms with Crippen molar-refractivity contribution in [2.45, 2.75) is 45.1 Å². The van der Waals surface area contributed by atoms with Crippen molar-refractivity contribution in [2.24, 2.45) is 11.3 Å². The zero-order chi connectivity index (χ0) is 19.2. The maximum atomic E-state index is 12.5. The molecule has 0 bridgehead atoms. The molecule has 2 saturated heterocycles. The second kappa shape index (κ2) is 6.62. The summed E-state index contributed by atoms with van der Waals surface area (Å²) in [4.78, 5) is 43.9. The lowest BCUT2D eigenvalue weighted by Gasteiger charge is -2.39.